The summed E-state index contributed by atoms with van der Waals surface area (Å²) in [6, 6.07) is 12.4. The number of hydrogen-bond donors (Lipinski definition) is 1. The van der Waals surface area contributed by atoms with E-state index in [9.17, 15) is 14.4 Å². The molecule has 0 aromatic heterocycles. The van der Waals surface area contributed by atoms with E-state index in [4.69, 9.17) is 16.9 Å². The van der Waals surface area contributed by atoms with E-state index in [1.165, 1.54) is 18.2 Å². The van der Waals surface area contributed by atoms with E-state index >= 15 is 0 Å². The fraction of sp³-hybridized carbons (Fsp3) is 0.105. The predicted molar refractivity (Wildman–Crippen MR) is 100 cm³/mol. The molecule has 1 heterocycles. The van der Waals surface area contributed by atoms with Crippen LogP contribution in [-0.2, 0) is 9.59 Å². The molecular formula is C19H13ClN4O3. The molecule has 0 spiro atoms. The second-order valence-corrected chi connectivity index (χ2v) is 6.22. The Hall–Kier alpha value is -3.50. The van der Waals surface area contributed by atoms with Gasteiger partial charge in [0, 0.05) is 11.2 Å². The molecule has 1 aliphatic rings. The summed E-state index contributed by atoms with van der Waals surface area (Å²) in [5.41, 5.74) is 1.55. The van der Waals surface area contributed by atoms with Crippen LogP contribution in [0.25, 0.3) is 0 Å². The van der Waals surface area contributed by atoms with Gasteiger partial charge >= 0.3 is 6.03 Å². The average Bonchev–Trinajstić information content (AvgIpc) is 2.63. The molecule has 1 saturated heterocycles. The summed E-state index contributed by atoms with van der Waals surface area (Å²) < 4.78 is 0. The molecule has 2 aromatic carbocycles. The summed E-state index contributed by atoms with van der Waals surface area (Å²) in [4.78, 5) is 42.2. The lowest BCUT2D eigenvalue weighted by molar-refractivity contribution is -0.131. The SMILES string of the molecule is Cc1ccccc1N1C(=O)NC(=O)[C@@H](C=Nc2cc(Cl)ccc2C#N)C1=O. The molecule has 1 N–H and O–H groups in total. The number of imide groups is 2. The summed E-state index contributed by atoms with van der Waals surface area (Å²) in [6.07, 6.45) is 1.11. The molecular weight excluding hydrogens is 368 g/mol. The van der Waals surface area contributed by atoms with E-state index in [2.05, 4.69) is 10.3 Å². The van der Waals surface area contributed by atoms with Crippen molar-refractivity contribution >= 4 is 47.0 Å². The Bertz CT molecular complexity index is 1030. The number of carbonyl (C=O) groups excluding carboxylic acids is 3. The van der Waals surface area contributed by atoms with Crippen LogP contribution in [0.3, 0.4) is 0 Å². The van der Waals surface area contributed by atoms with Crippen LogP contribution in [0, 0.1) is 24.2 Å². The molecule has 0 bridgehead atoms. The maximum atomic E-state index is 12.8. The number of urea groups is 1. The first-order valence-corrected chi connectivity index (χ1v) is 8.28. The highest BCUT2D eigenvalue weighted by Crippen LogP contribution is 2.26. The Balaban J connectivity index is 1.96. The topological polar surface area (TPSA) is 103 Å². The van der Waals surface area contributed by atoms with Gasteiger partial charge in [-0.2, -0.15) is 5.26 Å². The number of carbonyl (C=O) groups is 3. The van der Waals surface area contributed by atoms with Gasteiger partial charge in [-0.3, -0.25) is 19.9 Å². The Morgan fingerprint density at radius 1 is 1.22 bits per heavy atom. The first kappa shape index (κ1) is 18.3. The Morgan fingerprint density at radius 2 is 1.96 bits per heavy atom. The predicted octanol–water partition coefficient (Wildman–Crippen LogP) is 3.12. The van der Waals surface area contributed by atoms with Crippen LogP contribution in [0.15, 0.2) is 47.5 Å². The zero-order valence-corrected chi connectivity index (χ0v) is 14.9. The summed E-state index contributed by atoms with van der Waals surface area (Å²) in [5, 5.41) is 11.7. The minimum absolute atomic E-state index is 0.227. The molecule has 0 saturated carbocycles. The van der Waals surface area contributed by atoms with Crippen LogP contribution >= 0.6 is 11.6 Å². The monoisotopic (exact) mass is 380 g/mol. The fourth-order valence-corrected chi connectivity index (χ4v) is 2.79. The Labute approximate surface area is 159 Å². The maximum absolute atomic E-state index is 12.8. The number of benzene rings is 2. The molecule has 27 heavy (non-hydrogen) atoms. The van der Waals surface area contributed by atoms with E-state index in [-0.39, 0.29) is 11.3 Å². The highest BCUT2D eigenvalue weighted by molar-refractivity contribution is 6.33. The highest BCUT2D eigenvalue weighted by atomic mass is 35.5. The molecule has 7 nitrogen and oxygen atoms in total. The molecule has 3 rings (SSSR count). The number of nitrogens with one attached hydrogen (secondary N) is 1. The average molecular weight is 381 g/mol. The highest BCUT2D eigenvalue weighted by Gasteiger charge is 2.40. The van der Waals surface area contributed by atoms with Crippen molar-refractivity contribution < 1.29 is 14.4 Å². The van der Waals surface area contributed by atoms with Crippen molar-refractivity contribution in [2.24, 2.45) is 10.9 Å². The molecule has 0 radical (unpaired) electrons. The number of aryl methyl sites for hydroxylation is 1. The molecule has 2 aromatic rings. The fourth-order valence-electron chi connectivity index (χ4n) is 2.63. The normalized spacial score (nSPS) is 17.1. The number of nitrogens with zero attached hydrogens (tertiary/aromatic N) is 3. The number of barbiturate groups is 1. The summed E-state index contributed by atoms with van der Waals surface area (Å²) in [7, 11) is 0. The third-order valence-electron chi connectivity index (χ3n) is 4.00. The van der Waals surface area contributed by atoms with E-state index in [1.807, 2.05) is 6.07 Å². The zero-order chi connectivity index (χ0) is 19.6. The van der Waals surface area contributed by atoms with Crippen LogP contribution < -0.4 is 10.2 Å². The van der Waals surface area contributed by atoms with E-state index < -0.39 is 23.8 Å². The standard InChI is InChI=1S/C19H13ClN4O3/c1-11-4-2-3-5-16(11)24-18(26)14(17(25)23-19(24)27)10-22-15-8-13(20)7-6-12(15)9-21/h2-8,10,14H,1H3,(H,23,25,27)/t14-/m1/s1. The van der Waals surface area contributed by atoms with Gasteiger partial charge < -0.3 is 0 Å². The van der Waals surface area contributed by atoms with Gasteiger partial charge in [0.2, 0.25) is 5.91 Å². The smallest absolute Gasteiger partial charge is 0.276 e. The van der Waals surface area contributed by atoms with Crippen LogP contribution in [0.2, 0.25) is 5.02 Å². The van der Waals surface area contributed by atoms with Crippen molar-refractivity contribution in [1.29, 1.82) is 5.26 Å². The molecule has 1 fully saturated rings. The number of amides is 4. The quantitative estimate of drug-likeness (QED) is 0.652. The minimum Gasteiger partial charge on any atom is -0.276 e. The van der Waals surface area contributed by atoms with Crippen LogP contribution in [0.5, 0.6) is 0 Å². The number of para-hydroxylation sites is 1. The third-order valence-corrected chi connectivity index (χ3v) is 4.24. The van der Waals surface area contributed by atoms with Crippen LogP contribution in [-0.4, -0.2) is 24.1 Å². The lowest BCUT2D eigenvalue weighted by Gasteiger charge is -2.29. The molecule has 0 aliphatic carbocycles. The van der Waals surface area contributed by atoms with Crippen molar-refractivity contribution in [3.8, 4) is 6.07 Å². The van der Waals surface area contributed by atoms with Gasteiger partial charge in [-0.15, -0.1) is 0 Å². The molecule has 1 atom stereocenters. The molecule has 134 valence electrons. The van der Waals surface area contributed by atoms with Gasteiger partial charge in [-0.25, -0.2) is 9.69 Å². The van der Waals surface area contributed by atoms with Gasteiger partial charge in [0.05, 0.1) is 16.9 Å². The number of aliphatic imine (C=N–C) groups is 1. The van der Waals surface area contributed by atoms with Gasteiger partial charge in [0.25, 0.3) is 5.91 Å². The van der Waals surface area contributed by atoms with Gasteiger partial charge in [0.15, 0.2) is 5.92 Å². The largest absolute Gasteiger partial charge is 0.335 e. The van der Waals surface area contributed by atoms with Crippen molar-refractivity contribution in [3.63, 3.8) is 0 Å². The second-order valence-electron chi connectivity index (χ2n) is 5.78. The lowest BCUT2D eigenvalue weighted by Crippen LogP contribution is -2.58. The van der Waals surface area contributed by atoms with Crippen LogP contribution in [0.4, 0.5) is 16.2 Å². The summed E-state index contributed by atoms with van der Waals surface area (Å²) in [6.45, 7) is 1.75. The van der Waals surface area contributed by atoms with E-state index in [0.29, 0.717) is 16.3 Å². The van der Waals surface area contributed by atoms with Gasteiger partial charge in [-0.1, -0.05) is 29.8 Å². The molecule has 1 aliphatic heterocycles. The van der Waals surface area contributed by atoms with E-state index in [1.54, 1.807) is 31.2 Å². The zero-order valence-electron chi connectivity index (χ0n) is 14.1. The number of nitriles is 1. The van der Waals surface area contributed by atoms with Crippen LogP contribution in [0.1, 0.15) is 11.1 Å². The van der Waals surface area contributed by atoms with Gasteiger partial charge in [0.1, 0.15) is 6.07 Å². The maximum Gasteiger partial charge on any atom is 0.335 e. The Morgan fingerprint density at radius 3 is 2.67 bits per heavy atom. The third kappa shape index (κ3) is 3.57. The number of anilines is 1. The van der Waals surface area contributed by atoms with Crippen molar-refractivity contribution in [3.05, 3.63) is 58.6 Å². The number of hydrogen-bond acceptors (Lipinski definition) is 5. The summed E-state index contributed by atoms with van der Waals surface area (Å²) >= 11 is 5.91. The molecule has 8 heteroatoms. The number of halogens is 1. The number of rotatable bonds is 3. The Kier molecular flexibility index (Phi) is 5.01. The van der Waals surface area contributed by atoms with Crippen molar-refractivity contribution in [2.75, 3.05) is 4.90 Å². The van der Waals surface area contributed by atoms with Gasteiger partial charge in [-0.05, 0) is 36.8 Å². The van der Waals surface area contributed by atoms with Crippen molar-refractivity contribution in [2.45, 2.75) is 6.92 Å². The lowest BCUT2D eigenvalue weighted by atomic mass is 10.0. The second kappa shape index (κ2) is 7.40. The van der Waals surface area contributed by atoms with Crippen molar-refractivity contribution in [1.82, 2.24) is 5.32 Å². The van der Waals surface area contributed by atoms with E-state index in [0.717, 1.165) is 11.1 Å². The first-order chi connectivity index (χ1) is 12.9. The first-order valence-electron chi connectivity index (χ1n) is 7.90. The minimum atomic E-state index is -1.31. The molecule has 4 amide bonds. The molecule has 0 unspecified atom stereocenters. The summed E-state index contributed by atoms with van der Waals surface area (Å²) in [5.74, 6) is -2.81.